The topological polar surface area (TPSA) is 39.0 Å². The van der Waals surface area contributed by atoms with Crippen LogP contribution < -0.4 is 4.68 Å². The molecule has 0 N–H and O–H groups in total. The van der Waals surface area contributed by atoms with Crippen molar-refractivity contribution in [1.82, 2.24) is 15.1 Å². The number of para-hydroxylation sites is 1. The molecule has 0 aliphatic carbocycles. The zero-order valence-electron chi connectivity index (χ0n) is 17.6. The minimum Gasteiger partial charge on any atom is -0.238 e. The third-order valence-corrected chi connectivity index (χ3v) is 5.38. The van der Waals surface area contributed by atoms with Crippen LogP contribution in [-0.4, -0.2) is 15.1 Å². The van der Waals surface area contributed by atoms with Crippen LogP contribution in [0.25, 0.3) is 38.5 Å². The van der Waals surface area contributed by atoms with Gasteiger partial charge in [0.1, 0.15) is 16.5 Å². The Morgan fingerprint density at radius 1 is 0.750 bits per heavy atom. The first-order chi connectivity index (χ1) is 15.8. The van der Waals surface area contributed by atoms with Gasteiger partial charge in [-0.05, 0) is 28.1 Å². The van der Waals surface area contributed by atoms with Crippen molar-refractivity contribution in [3.05, 3.63) is 120 Å². The lowest BCUT2D eigenvalue weighted by atomic mass is 9.96. The Hall–Kier alpha value is -4.56. The van der Waals surface area contributed by atoms with Crippen molar-refractivity contribution in [2.75, 3.05) is 0 Å². The van der Waals surface area contributed by atoms with Crippen LogP contribution in [0.3, 0.4) is 0 Å². The molecule has 0 unspecified atom stereocenters. The monoisotopic (exact) mass is 414 g/mol. The second-order valence-electron chi connectivity index (χ2n) is 7.40. The van der Waals surface area contributed by atoms with E-state index in [0.717, 1.165) is 39.5 Å². The number of hydrogen-bond donors (Lipinski definition) is 0. The fraction of sp³-hybridized carbons (Fsp3) is 0.0370. The van der Waals surface area contributed by atoms with Crippen LogP contribution in [0.1, 0.15) is 5.82 Å². The molecular formula is C27H20N5+. The number of benzene rings is 4. The minimum absolute atomic E-state index is 0.557. The number of hydrogen-bond acceptors (Lipinski definition) is 2. The van der Waals surface area contributed by atoms with E-state index in [9.17, 15) is 0 Å². The van der Waals surface area contributed by atoms with Gasteiger partial charge in [-0.25, -0.2) is 4.85 Å². The van der Waals surface area contributed by atoms with E-state index < -0.39 is 0 Å². The molecule has 0 atom stereocenters. The number of aryl methyl sites for hydroxylation is 1. The van der Waals surface area contributed by atoms with Crippen molar-refractivity contribution < 1.29 is 4.68 Å². The van der Waals surface area contributed by atoms with Crippen LogP contribution in [-0.2, 0) is 0 Å². The summed E-state index contributed by atoms with van der Waals surface area (Å²) in [6, 6.07) is 34.4. The quantitative estimate of drug-likeness (QED) is 0.278. The van der Waals surface area contributed by atoms with E-state index in [1.54, 1.807) is 10.9 Å². The lowest BCUT2D eigenvalue weighted by Crippen LogP contribution is -2.43. The molecule has 0 aliphatic heterocycles. The summed E-state index contributed by atoms with van der Waals surface area (Å²) < 4.78 is 2.02. The molecule has 32 heavy (non-hydrogen) atoms. The predicted molar refractivity (Wildman–Crippen MR) is 125 cm³/mol. The molecule has 0 bridgehead atoms. The van der Waals surface area contributed by atoms with E-state index in [-0.39, 0.29) is 0 Å². The maximum absolute atomic E-state index is 7.39. The van der Waals surface area contributed by atoms with Crippen molar-refractivity contribution in [2.24, 2.45) is 0 Å². The lowest BCUT2D eigenvalue weighted by Gasteiger charge is -2.15. The second kappa shape index (κ2) is 8.29. The van der Waals surface area contributed by atoms with Crippen LogP contribution in [0.5, 0.6) is 0 Å². The SMILES string of the molecule is [C-]#[N+]c1cccc(-n2nnc(C)[n+]2-c2c(-c3ccccc3)cccc2-c2ccccc2)c1. The molecular weight excluding hydrogens is 394 g/mol. The molecule has 152 valence electrons. The molecule has 1 heterocycles. The highest BCUT2D eigenvalue weighted by Gasteiger charge is 2.26. The zero-order chi connectivity index (χ0) is 21.9. The smallest absolute Gasteiger partial charge is 0.238 e. The Balaban J connectivity index is 1.84. The molecule has 5 aromatic rings. The van der Waals surface area contributed by atoms with Gasteiger partial charge < -0.3 is 0 Å². The summed E-state index contributed by atoms with van der Waals surface area (Å²) in [5.74, 6) is 0.749. The van der Waals surface area contributed by atoms with Gasteiger partial charge in [-0.3, -0.25) is 0 Å². The van der Waals surface area contributed by atoms with Crippen LogP contribution in [0, 0.1) is 13.5 Å². The molecule has 0 saturated heterocycles. The third-order valence-electron chi connectivity index (χ3n) is 5.38. The van der Waals surface area contributed by atoms with Gasteiger partial charge in [0.25, 0.3) is 0 Å². The van der Waals surface area contributed by atoms with Gasteiger partial charge in [0.15, 0.2) is 10.9 Å². The van der Waals surface area contributed by atoms with Crippen LogP contribution in [0.15, 0.2) is 103 Å². The van der Waals surface area contributed by atoms with Crippen LogP contribution >= 0.6 is 0 Å². The summed E-state index contributed by atoms with van der Waals surface area (Å²) in [6.45, 7) is 9.33. The number of rotatable bonds is 4. The van der Waals surface area contributed by atoms with Gasteiger partial charge in [0, 0.05) is 18.1 Å². The molecule has 0 spiro atoms. The van der Waals surface area contributed by atoms with Crippen LogP contribution in [0.2, 0.25) is 0 Å². The van der Waals surface area contributed by atoms with E-state index in [0.29, 0.717) is 5.69 Å². The van der Waals surface area contributed by atoms with E-state index in [1.807, 2.05) is 66.2 Å². The molecule has 1 aromatic heterocycles. The van der Waals surface area contributed by atoms with Crippen LogP contribution in [0.4, 0.5) is 5.69 Å². The van der Waals surface area contributed by atoms with Crippen molar-refractivity contribution >= 4 is 5.69 Å². The van der Waals surface area contributed by atoms with Gasteiger partial charge in [-0.15, -0.1) is 4.68 Å². The van der Waals surface area contributed by atoms with E-state index >= 15 is 0 Å². The Morgan fingerprint density at radius 2 is 1.34 bits per heavy atom. The molecule has 4 aromatic carbocycles. The second-order valence-corrected chi connectivity index (χ2v) is 7.40. The highest BCUT2D eigenvalue weighted by molar-refractivity contribution is 5.82. The zero-order valence-corrected chi connectivity index (χ0v) is 17.6. The molecule has 5 rings (SSSR count). The highest BCUT2D eigenvalue weighted by atomic mass is 15.6. The molecule has 0 amide bonds. The van der Waals surface area contributed by atoms with E-state index in [4.69, 9.17) is 6.57 Å². The minimum atomic E-state index is 0.557. The summed E-state index contributed by atoms with van der Waals surface area (Å²) in [6.07, 6.45) is 0. The summed E-state index contributed by atoms with van der Waals surface area (Å²) >= 11 is 0. The first-order valence-electron chi connectivity index (χ1n) is 10.3. The van der Waals surface area contributed by atoms with E-state index in [2.05, 4.69) is 57.6 Å². The lowest BCUT2D eigenvalue weighted by molar-refractivity contribution is -0.685. The van der Waals surface area contributed by atoms with Gasteiger partial charge in [0.05, 0.1) is 6.57 Å². The molecule has 5 nitrogen and oxygen atoms in total. The first-order valence-corrected chi connectivity index (χ1v) is 10.3. The van der Waals surface area contributed by atoms with Gasteiger partial charge in [0.2, 0.25) is 0 Å². The summed E-state index contributed by atoms with van der Waals surface area (Å²) in [4.78, 5) is 5.34. The standard InChI is InChI=1S/C27H20N5/c1-20-29-30-32(24-16-9-15-23(19-24)28-2)31(20)27-25(21-11-5-3-6-12-21)17-10-18-26(27)22-13-7-4-8-14-22/h3-19H,1H3/q+1. The average Bonchev–Trinajstić information content (AvgIpc) is 3.25. The largest absolute Gasteiger partial charge is 0.303 e. The molecule has 0 fully saturated rings. The fourth-order valence-corrected chi connectivity index (χ4v) is 3.91. The third kappa shape index (κ3) is 3.44. The van der Waals surface area contributed by atoms with E-state index in [1.165, 1.54) is 0 Å². The first kappa shape index (κ1) is 19.4. The Morgan fingerprint density at radius 3 is 1.94 bits per heavy atom. The normalized spacial score (nSPS) is 10.6. The van der Waals surface area contributed by atoms with Gasteiger partial charge in [-0.1, -0.05) is 91.0 Å². The molecule has 0 radical (unpaired) electrons. The van der Waals surface area contributed by atoms with Crippen molar-refractivity contribution in [2.45, 2.75) is 6.92 Å². The summed E-state index contributed by atoms with van der Waals surface area (Å²) in [5.41, 5.74) is 6.68. The fourth-order valence-electron chi connectivity index (χ4n) is 3.91. The summed E-state index contributed by atoms with van der Waals surface area (Å²) in [5, 5.41) is 8.83. The predicted octanol–water partition coefficient (Wildman–Crippen LogP) is 5.74. The maximum Gasteiger partial charge on any atom is 0.303 e. The van der Waals surface area contributed by atoms with Gasteiger partial charge in [-0.2, -0.15) is 0 Å². The van der Waals surface area contributed by atoms with Crippen molar-refractivity contribution in [1.29, 1.82) is 0 Å². The highest BCUT2D eigenvalue weighted by Crippen LogP contribution is 2.33. The number of tetrazole rings is 1. The molecule has 5 heteroatoms. The van der Waals surface area contributed by atoms with Crippen molar-refractivity contribution in [3.63, 3.8) is 0 Å². The molecule has 0 aliphatic rings. The number of nitrogens with zero attached hydrogens (tertiary/aromatic N) is 5. The average molecular weight is 414 g/mol. The maximum atomic E-state index is 7.39. The Labute approximate surface area is 186 Å². The Bertz CT molecular complexity index is 1370. The van der Waals surface area contributed by atoms with Crippen molar-refractivity contribution in [3.8, 4) is 33.6 Å². The number of aromatic nitrogens is 4. The Kier molecular flexibility index (Phi) is 5.03. The summed E-state index contributed by atoms with van der Waals surface area (Å²) in [7, 11) is 0. The molecule has 0 saturated carbocycles. The van der Waals surface area contributed by atoms with Gasteiger partial charge >= 0.3 is 5.82 Å².